The van der Waals surface area contributed by atoms with Crippen LogP contribution in [0.2, 0.25) is 0 Å². The van der Waals surface area contributed by atoms with Crippen LogP contribution in [0.1, 0.15) is 0 Å². The first-order valence-electron chi connectivity index (χ1n) is 1.20. The fourth-order valence-electron chi connectivity index (χ4n) is 0.0481. The van der Waals surface area contributed by atoms with Crippen molar-refractivity contribution >= 4 is 15.1 Å². The van der Waals surface area contributed by atoms with Crippen molar-refractivity contribution in [1.29, 1.82) is 0 Å². The fraction of sp³-hybridized carbons (Fsp3) is 0. The van der Waals surface area contributed by atoms with E-state index in [9.17, 15) is 0 Å². The summed E-state index contributed by atoms with van der Waals surface area (Å²) in [6.45, 7) is 0. The molecule has 1 aliphatic heterocycles. The Bertz CT molecular complexity index is 55.1. The molecule has 0 atom stereocenters. The smallest absolute Gasteiger partial charge is 0.159 e. The van der Waals surface area contributed by atoms with E-state index in [1.165, 1.54) is 0 Å². The maximum Gasteiger partial charge on any atom is 0.159 e. The van der Waals surface area contributed by atoms with E-state index >= 15 is 0 Å². The van der Waals surface area contributed by atoms with Crippen LogP contribution in [0.15, 0.2) is 11.3 Å². The molecule has 3 radical (unpaired) electrons. The van der Waals surface area contributed by atoms with Gasteiger partial charge in [0.05, 0.1) is 7.85 Å². The Balaban J connectivity index is 2.54. The van der Waals surface area contributed by atoms with Gasteiger partial charge in [0.2, 0.25) is 0 Å². The lowest BCUT2D eigenvalue weighted by molar-refractivity contribution is 2.62. The van der Waals surface area contributed by atoms with Crippen molar-refractivity contribution in [3.63, 3.8) is 0 Å². The highest BCUT2D eigenvalue weighted by molar-refractivity contribution is 6.77. The first-order valence-corrected chi connectivity index (χ1v) is 1.20. The lowest BCUT2D eigenvalue weighted by Gasteiger charge is -1.44. The van der Waals surface area contributed by atoms with E-state index in [1.807, 2.05) is 13.3 Å². The zero-order valence-electron chi connectivity index (χ0n) is 2.23. The Morgan fingerprint density at radius 1 is 2.00 bits per heavy atom. The van der Waals surface area contributed by atoms with Crippen molar-refractivity contribution in [3.05, 3.63) is 11.3 Å². The van der Waals surface area contributed by atoms with Gasteiger partial charge in [0.25, 0.3) is 0 Å². The van der Waals surface area contributed by atoms with Crippen LogP contribution < -0.4 is 0 Å². The van der Waals surface area contributed by atoms with Crippen molar-refractivity contribution in [3.8, 4) is 0 Å². The highest BCUT2D eigenvalue weighted by atomic mass is 13.6. The Labute approximate surface area is 27.5 Å². The predicted molar refractivity (Wildman–Crippen MR) is 19.6 cm³/mol. The molecule has 0 unspecified atom stereocenters. The van der Waals surface area contributed by atoms with Crippen LogP contribution in [0.4, 0.5) is 0 Å². The topological polar surface area (TPSA) is 0 Å². The molecular weight excluding hydrogens is 45.6 g/mol. The summed E-state index contributed by atoms with van der Waals surface area (Å²) in [6.07, 6.45) is 0. The van der Waals surface area contributed by atoms with Crippen LogP contribution in [0.25, 0.3) is 0 Å². The molecule has 0 amide bonds. The summed E-state index contributed by atoms with van der Waals surface area (Å²) in [6, 6.07) is 0. The first kappa shape index (κ1) is 2.13. The molecule has 0 nitrogen and oxygen atoms in total. The molecule has 15 valence electrons. The monoisotopic (exact) mass is 47.0 g/mol. The molecule has 0 aromatic rings. The molecule has 0 aromatic heterocycles. The van der Waals surface area contributed by atoms with Crippen LogP contribution in [0.5, 0.6) is 0 Å². The third-order valence-electron chi connectivity index (χ3n) is 0.359. The van der Waals surface area contributed by atoms with E-state index in [2.05, 4.69) is 0 Å². The van der Waals surface area contributed by atoms with Crippen LogP contribution in [-0.2, 0) is 0 Å². The Morgan fingerprint density at radius 2 is 2.25 bits per heavy atom. The molecule has 0 bridgehead atoms. The normalized spacial score (nSPS) is 17.5. The second kappa shape index (κ2) is 0.423. The van der Waals surface area contributed by atoms with Gasteiger partial charge < -0.3 is 0 Å². The van der Waals surface area contributed by atoms with E-state index in [0.717, 1.165) is 5.37 Å². The molecular formula is C2HB2. The van der Waals surface area contributed by atoms with Gasteiger partial charge in [-0.25, -0.2) is 0 Å². The summed E-state index contributed by atoms with van der Waals surface area (Å²) in [5.41, 5.74) is 0. The maximum atomic E-state index is 5.03. The average molecular weight is 46.7 g/mol. The highest BCUT2D eigenvalue weighted by Crippen LogP contribution is 1.95. The molecule has 2 heteroatoms. The Kier molecular flexibility index (Phi) is 0.225. The molecule has 0 aromatic carbocycles. The fourth-order valence-corrected chi connectivity index (χ4v) is 0.0481. The second-order valence-electron chi connectivity index (χ2n) is 0.833. The van der Waals surface area contributed by atoms with Gasteiger partial charge in [-0.1, -0.05) is 0 Å². The van der Waals surface area contributed by atoms with Crippen molar-refractivity contribution in [2.75, 3.05) is 0 Å². The number of hydrogen-bond donors (Lipinski definition) is 0. The molecule has 0 saturated carbocycles. The third-order valence-corrected chi connectivity index (χ3v) is 0.359. The van der Waals surface area contributed by atoms with Crippen LogP contribution in [0.3, 0.4) is 0 Å². The molecule has 0 N–H and O–H groups in total. The minimum atomic E-state index is 0.917. The summed E-state index contributed by atoms with van der Waals surface area (Å²) < 4.78 is 0. The minimum absolute atomic E-state index is 0.917. The average Bonchev–Trinajstić information content (AvgIpc) is 1.75. The standard InChI is InChI=1S/C2HB2/c3-2-1-4-2/h1H. The summed E-state index contributed by atoms with van der Waals surface area (Å²) in [5.74, 6) is 1.86. The summed E-state index contributed by atoms with van der Waals surface area (Å²) in [7, 11) is 6.89. The van der Waals surface area contributed by atoms with Gasteiger partial charge in [-0.15, -0.1) is 5.98 Å². The quantitative estimate of drug-likeness (QED) is 0.328. The van der Waals surface area contributed by atoms with Gasteiger partial charge in [0.1, 0.15) is 0 Å². The lowest BCUT2D eigenvalue weighted by Crippen LogP contribution is -1.56. The highest BCUT2D eigenvalue weighted by Gasteiger charge is 1.96. The summed E-state index contributed by atoms with van der Waals surface area (Å²) >= 11 is 0. The van der Waals surface area contributed by atoms with Crippen molar-refractivity contribution in [2.45, 2.75) is 0 Å². The maximum absolute atomic E-state index is 5.03. The molecule has 0 aliphatic carbocycles. The second-order valence-corrected chi connectivity index (χ2v) is 0.833. The van der Waals surface area contributed by atoms with E-state index in [0.29, 0.717) is 0 Å². The lowest BCUT2D eigenvalue weighted by atomic mass is 9.85. The molecule has 0 fully saturated rings. The molecule has 0 spiro atoms. The molecule has 1 aliphatic rings. The third kappa shape index (κ3) is 0.172. The zero-order valence-corrected chi connectivity index (χ0v) is 2.23. The Morgan fingerprint density at radius 3 is 2.25 bits per heavy atom. The van der Waals surface area contributed by atoms with Crippen molar-refractivity contribution in [2.24, 2.45) is 0 Å². The largest absolute Gasteiger partial charge is 0.160 e. The van der Waals surface area contributed by atoms with Gasteiger partial charge in [-0.2, -0.15) is 5.37 Å². The number of hydrogen-bond acceptors (Lipinski definition) is 0. The summed E-state index contributed by atoms with van der Waals surface area (Å²) in [4.78, 5) is 0. The van der Waals surface area contributed by atoms with E-state index in [4.69, 9.17) is 7.85 Å². The van der Waals surface area contributed by atoms with Crippen LogP contribution >= 0.6 is 0 Å². The predicted octanol–water partition coefficient (Wildman–Crippen LogP) is -0.328. The first-order chi connectivity index (χ1) is 1.89. The minimum Gasteiger partial charge on any atom is -0.160 e. The molecule has 1 heterocycles. The van der Waals surface area contributed by atoms with E-state index < -0.39 is 0 Å². The van der Waals surface area contributed by atoms with Gasteiger partial charge >= 0.3 is 0 Å². The van der Waals surface area contributed by atoms with Gasteiger partial charge in [0, 0.05) is 0 Å². The van der Waals surface area contributed by atoms with Gasteiger partial charge in [0.15, 0.2) is 7.28 Å². The van der Waals surface area contributed by atoms with Gasteiger partial charge in [-0.05, 0) is 0 Å². The molecule has 4 heavy (non-hydrogen) atoms. The van der Waals surface area contributed by atoms with Crippen molar-refractivity contribution < 1.29 is 0 Å². The number of rotatable bonds is 0. The molecule has 1 rings (SSSR count). The van der Waals surface area contributed by atoms with Crippen LogP contribution in [-0.4, -0.2) is 15.1 Å². The Hall–Kier alpha value is -0.130. The van der Waals surface area contributed by atoms with Gasteiger partial charge in [-0.3, -0.25) is 0 Å². The zero-order chi connectivity index (χ0) is 2.99. The molecule has 0 saturated heterocycles. The van der Waals surface area contributed by atoms with Crippen molar-refractivity contribution in [1.82, 2.24) is 0 Å². The van der Waals surface area contributed by atoms with Crippen LogP contribution in [0, 0.1) is 0 Å². The van der Waals surface area contributed by atoms with E-state index in [1.54, 1.807) is 0 Å². The van der Waals surface area contributed by atoms with E-state index in [-0.39, 0.29) is 0 Å². The summed E-state index contributed by atoms with van der Waals surface area (Å²) in [5, 5.41) is 0.917. The SMILES string of the molecule is [B]C1=C[B]1.